The molecule has 140 valence electrons. The van der Waals surface area contributed by atoms with Gasteiger partial charge in [0.1, 0.15) is 0 Å². The number of benzene rings is 2. The zero-order chi connectivity index (χ0) is 20.0. The molecule has 0 saturated heterocycles. The number of aliphatic imine (C=N–C) groups is 1. The van der Waals surface area contributed by atoms with Crippen LogP contribution in [0.3, 0.4) is 0 Å². The first-order valence-corrected chi connectivity index (χ1v) is 8.78. The van der Waals surface area contributed by atoms with Crippen LogP contribution in [-0.4, -0.2) is 27.8 Å². The Kier molecular flexibility index (Phi) is 4.07. The van der Waals surface area contributed by atoms with E-state index in [0.29, 0.717) is 22.5 Å². The second-order valence-corrected chi connectivity index (χ2v) is 6.83. The fourth-order valence-corrected chi connectivity index (χ4v) is 3.13. The summed E-state index contributed by atoms with van der Waals surface area (Å²) in [5, 5.41) is 5.31. The minimum absolute atomic E-state index is 0.210. The highest BCUT2D eigenvalue weighted by Gasteiger charge is 2.26. The highest BCUT2D eigenvalue weighted by molar-refractivity contribution is 6.21. The maximum absolute atomic E-state index is 12.8. The Labute approximate surface area is 160 Å². The molecule has 7 nitrogen and oxygen atoms in total. The van der Waals surface area contributed by atoms with E-state index < -0.39 is 11.8 Å². The second kappa shape index (κ2) is 6.45. The standard InChI is InChI=1S/C21H18N4O3/c1-11-4-6-15(8-12(11)2)25-21(28)18(13(3)24-25)10-22-14-5-7-16-17(9-14)20(27)23-19(16)26/h4-10,24H,1-3H3,(H,23,26,27). The molecule has 2 aromatic carbocycles. The molecule has 2 N–H and O–H groups in total. The smallest absolute Gasteiger partial charge is 0.280 e. The van der Waals surface area contributed by atoms with Gasteiger partial charge in [0, 0.05) is 11.9 Å². The van der Waals surface area contributed by atoms with Crippen LogP contribution in [0.1, 0.15) is 43.1 Å². The average Bonchev–Trinajstić information content (AvgIpc) is 3.11. The van der Waals surface area contributed by atoms with E-state index in [2.05, 4.69) is 15.4 Å². The summed E-state index contributed by atoms with van der Waals surface area (Å²) in [7, 11) is 0. The molecule has 7 heteroatoms. The van der Waals surface area contributed by atoms with Crippen LogP contribution in [0.15, 0.2) is 46.2 Å². The maximum atomic E-state index is 12.8. The number of nitrogens with one attached hydrogen (secondary N) is 2. The number of hydrogen-bond acceptors (Lipinski definition) is 4. The molecule has 28 heavy (non-hydrogen) atoms. The van der Waals surface area contributed by atoms with E-state index >= 15 is 0 Å². The normalized spacial score (nSPS) is 13.2. The minimum atomic E-state index is -0.438. The molecule has 3 aromatic rings. The minimum Gasteiger partial charge on any atom is -0.295 e. The Morgan fingerprint density at radius 3 is 2.39 bits per heavy atom. The Morgan fingerprint density at radius 2 is 1.64 bits per heavy atom. The highest BCUT2D eigenvalue weighted by atomic mass is 16.2. The van der Waals surface area contributed by atoms with Crippen molar-refractivity contribution in [2.75, 3.05) is 0 Å². The summed E-state index contributed by atoms with van der Waals surface area (Å²) in [4.78, 5) is 40.5. The number of amides is 2. The predicted octanol–water partition coefficient (Wildman–Crippen LogP) is 2.73. The van der Waals surface area contributed by atoms with Gasteiger partial charge in [0.2, 0.25) is 0 Å². The number of fused-ring (bicyclic) bond motifs is 1. The molecule has 0 fully saturated rings. The fraction of sp³-hybridized carbons (Fsp3) is 0.143. The first kappa shape index (κ1) is 17.7. The van der Waals surface area contributed by atoms with Gasteiger partial charge in [-0.1, -0.05) is 6.07 Å². The van der Waals surface area contributed by atoms with Crippen LogP contribution in [0, 0.1) is 20.8 Å². The lowest BCUT2D eigenvalue weighted by Crippen LogP contribution is -2.19. The number of nitrogens with zero attached hydrogens (tertiary/aromatic N) is 2. The monoisotopic (exact) mass is 374 g/mol. The van der Waals surface area contributed by atoms with Crippen molar-refractivity contribution in [2.45, 2.75) is 20.8 Å². The van der Waals surface area contributed by atoms with E-state index in [-0.39, 0.29) is 11.1 Å². The van der Waals surface area contributed by atoms with Crippen LogP contribution in [0.5, 0.6) is 0 Å². The van der Waals surface area contributed by atoms with Gasteiger partial charge in [-0.05, 0) is 62.2 Å². The zero-order valence-electron chi connectivity index (χ0n) is 15.7. The van der Waals surface area contributed by atoms with Gasteiger partial charge >= 0.3 is 0 Å². The van der Waals surface area contributed by atoms with Crippen molar-refractivity contribution in [1.82, 2.24) is 15.1 Å². The van der Waals surface area contributed by atoms with Crippen molar-refractivity contribution >= 4 is 23.7 Å². The van der Waals surface area contributed by atoms with Crippen LogP contribution in [-0.2, 0) is 0 Å². The molecule has 0 spiro atoms. The molecular weight excluding hydrogens is 356 g/mol. The van der Waals surface area contributed by atoms with Crippen molar-refractivity contribution in [3.8, 4) is 5.69 Å². The number of carbonyl (C=O) groups is 2. The Morgan fingerprint density at radius 1 is 0.893 bits per heavy atom. The van der Waals surface area contributed by atoms with Gasteiger partial charge < -0.3 is 0 Å². The van der Waals surface area contributed by atoms with E-state index in [1.807, 2.05) is 32.0 Å². The van der Waals surface area contributed by atoms with Crippen LogP contribution in [0.2, 0.25) is 0 Å². The largest absolute Gasteiger partial charge is 0.295 e. The van der Waals surface area contributed by atoms with E-state index in [1.54, 1.807) is 19.1 Å². The van der Waals surface area contributed by atoms with Gasteiger partial charge in [0.25, 0.3) is 17.4 Å². The Balaban J connectivity index is 1.70. The summed E-state index contributed by atoms with van der Waals surface area (Å²) in [6, 6.07) is 10.5. The zero-order valence-corrected chi connectivity index (χ0v) is 15.7. The predicted molar refractivity (Wildman–Crippen MR) is 106 cm³/mol. The first-order chi connectivity index (χ1) is 13.3. The van der Waals surface area contributed by atoms with Crippen molar-refractivity contribution in [3.05, 3.63) is 80.3 Å². The molecule has 4 rings (SSSR count). The summed E-state index contributed by atoms with van der Waals surface area (Å²) in [5.74, 6) is -0.847. The SMILES string of the molecule is Cc1ccc(-n2[nH]c(C)c(C=Nc3ccc4c(c3)C(=O)NC4=O)c2=O)cc1C. The Hall–Kier alpha value is -3.74. The number of H-pyrrole nitrogens is 1. The number of aryl methyl sites for hydroxylation is 3. The van der Waals surface area contributed by atoms with Gasteiger partial charge in [-0.25, -0.2) is 4.68 Å². The summed E-state index contributed by atoms with van der Waals surface area (Å²) in [6.45, 7) is 5.82. The van der Waals surface area contributed by atoms with Crippen molar-refractivity contribution in [1.29, 1.82) is 0 Å². The fourth-order valence-electron chi connectivity index (χ4n) is 3.13. The number of rotatable bonds is 3. The lowest BCUT2D eigenvalue weighted by atomic mass is 10.1. The third-order valence-electron chi connectivity index (χ3n) is 4.93. The molecule has 2 heterocycles. The van der Waals surface area contributed by atoms with Gasteiger partial charge in [0.05, 0.1) is 28.1 Å². The van der Waals surface area contributed by atoms with Crippen LogP contribution in [0.25, 0.3) is 5.69 Å². The number of carbonyl (C=O) groups excluding carboxylic acids is 2. The molecule has 0 bridgehead atoms. The molecular formula is C21H18N4O3. The number of hydrogen-bond donors (Lipinski definition) is 2. The number of imide groups is 1. The molecule has 0 radical (unpaired) electrons. The van der Waals surface area contributed by atoms with Gasteiger partial charge in [-0.3, -0.25) is 29.8 Å². The van der Waals surface area contributed by atoms with E-state index in [1.165, 1.54) is 17.0 Å². The van der Waals surface area contributed by atoms with Crippen LogP contribution >= 0.6 is 0 Å². The van der Waals surface area contributed by atoms with Gasteiger partial charge in [-0.15, -0.1) is 0 Å². The molecule has 0 saturated carbocycles. The second-order valence-electron chi connectivity index (χ2n) is 6.83. The summed E-state index contributed by atoms with van der Waals surface area (Å²) >= 11 is 0. The lowest BCUT2D eigenvalue weighted by molar-refractivity contribution is 0.0879. The first-order valence-electron chi connectivity index (χ1n) is 8.78. The van der Waals surface area contributed by atoms with Crippen molar-refractivity contribution < 1.29 is 9.59 Å². The van der Waals surface area contributed by atoms with Crippen LogP contribution in [0.4, 0.5) is 5.69 Å². The summed E-state index contributed by atoms with van der Waals surface area (Å²) in [5.41, 5.74) is 5.01. The third-order valence-corrected chi connectivity index (χ3v) is 4.93. The summed E-state index contributed by atoms with van der Waals surface area (Å²) < 4.78 is 1.48. The lowest BCUT2D eigenvalue weighted by Gasteiger charge is -2.05. The van der Waals surface area contributed by atoms with Crippen molar-refractivity contribution in [2.24, 2.45) is 4.99 Å². The molecule has 2 amide bonds. The van der Waals surface area contributed by atoms with Gasteiger partial charge in [0.15, 0.2) is 0 Å². The van der Waals surface area contributed by atoms with E-state index in [0.717, 1.165) is 16.8 Å². The average molecular weight is 374 g/mol. The maximum Gasteiger partial charge on any atom is 0.280 e. The number of aromatic nitrogens is 2. The molecule has 1 aliphatic rings. The van der Waals surface area contributed by atoms with Gasteiger partial charge in [-0.2, -0.15) is 0 Å². The summed E-state index contributed by atoms with van der Waals surface area (Å²) in [6.07, 6.45) is 1.47. The third kappa shape index (κ3) is 2.87. The van der Waals surface area contributed by atoms with E-state index in [9.17, 15) is 14.4 Å². The number of aromatic amines is 1. The molecule has 0 unspecified atom stereocenters. The molecule has 0 aliphatic carbocycles. The van der Waals surface area contributed by atoms with Crippen LogP contribution < -0.4 is 10.9 Å². The Bertz CT molecular complexity index is 1230. The van der Waals surface area contributed by atoms with E-state index in [4.69, 9.17) is 0 Å². The highest BCUT2D eigenvalue weighted by Crippen LogP contribution is 2.22. The quantitative estimate of drug-likeness (QED) is 0.545. The topological polar surface area (TPSA) is 96.3 Å². The molecule has 1 aliphatic heterocycles. The molecule has 1 aromatic heterocycles. The molecule has 0 atom stereocenters. The van der Waals surface area contributed by atoms with Crippen molar-refractivity contribution in [3.63, 3.8) is 0 Å².